The summed E-state index contributed by atoms with van der Waals surface area (Å²) in [4.78, 5) is 0. The predicted molar refractivity (Wildman–Crippen MR) is 80.3 cm³/mol. The maximum absolute atomic E-state index is 11.5. The Morgan fingerprint density at radius 3 is 2.12 bits per heavy atom. The largest absolute Gasteiger partial charge is 0.229 e. The Kier molecular flexibility index (Phi) is 7.03. The Morgan fingerprint density at radius 2 is 1.76 bits per heavy atom. The van der Waals surface area contributed by atoms with E-state index in [-0.39, 0.29) is 16.5 Å². The van der Waals surface area contributed by atoms with Gasteiger partial charge in [0.05, 0.1) is 13.8 Å². The van der Waals surface area contributed by atoms with Crippen molar-refractivity contribution in [2.45, 2.75) is 51.3 Å². The quantitative estimate of drug-likeness (QED) is 0.408. The minimum Gasteiger partial charge on any atom is -0.229 e. The van der Waals surface area contributed by atoms with Crippen molar-refractivity contribution in [3.05, 3.63) is 11.6 Å². The fourth-order valence-corrected chi connectivity index (χ4v) is 5.69. The Bertz CT molecular complexity index is 359. The monoisotopic (exact) mass is 296 g/mol. The van der Waals surface area contributed by atoms with E-state index < -0.39 is 17.9 Å². The van der Waals surface area contributed by atoms with E-state index in [4.69, 9.17) is 11.6 Å². The highest BCUT2D eigenvalue weighted by Crippen LogP contribution is 2.25. The average molecular weight is 297 g/mol. The van der Waals surface area contributed by atoms with Crippen LogP contribution in [-0.2, 0) is 9.84 Å². The lowest BCUT2D eigenvalue weighted by Gasteiger charge is -2.28. The third-order valence-electron chi connectivity index (χ3n) is 3.60. The van der Waals surface area contributed by atoms with Crippen molar-refractivity contribution in [2.24, 2.45) is 0 Å². The minimum absolute atomic E-state index is 0.0320. The van der Waals surface area contributed by atoms with E-state index in [0.29, 0.717) is 0 Å². The molecule has 2 nitrogen and oxygen atoms in total. The molecule has 0 fully saturated rings. The van der Waals surface area contributed by atoms with Crippen LogP contribution >= 0.6 is 11.6 Å². The standard InChI is InChI=1S/C12H25ClO2SSi/c1-6-16(14,15)10-11(4)9-12(13)17(5,7-2)8-3/h9,12H,6-8,10H2,1-5H3/b11-9+. The van der Waals surface area contributed by atoms with Crippen LogP contribution in [0.15, 0.2) is 11.6 Å². The number of rotatable bonds is 7. The van der Waals surface area contributed by atoms with Crippen molar-refractivity contribution in [3.8, 4) is 0 Å². The molecule has 0 radical (unpaired) electrons. The Balaban J connectivity index is 4.80. The van der Waals surface area contributed by atoms with E-state index in [1.165, 1.54) is 0 Å². The highest BCUT2D eigenvalue weighted by atomic mass is 35.5. The normalized spacial score (nSPS) is 16.0. The number of hydrogen-bond acceptors (Lipinski definition) is 2. The van der Waals surface area contributed by atoms with Gasteiger partial charge < -0.3 is 0 Å². The third kappa shape index (κ3) is 5.58. The molecular weight excluding hydrogens is 272 g/mol. The minimum atomic E-state index is -2.93. The zero-order valence-electron chi connectivity index (χ0n) is 11.6. The Hall–Kier alpha value is 0.197. The SMILES string of the molecule is CC[Si](C)(CC)C(Cl)/C=C(\C)CS(=O)(=O)CC. The van der Waals surface area contributed by atoms with Gasteiger partial charge in [-0.2, -0.15) is 0 Å². The molecule has 0 aliphatic carbocycles. The summed E-state index contributed by atoms with van der Waals surface area (Å²) in [5, 5.41) is 0.0320. The lowest BCUT2D eigenvalue weighted by Crippen LogP contribution is -2.38. The summed E-state index contributed by atoms with van der Waals surface area (Å²) in [5.41, 5.74) is 0.882. The second kappa shape index (κ2) is 6.95. The van der Waals surface area contributed by atoms with E-state index in [1.54, 1.807) is 6.92 Å². The van der Waals surface area contributed by atoms with E-state index in [0.717, 1.165) is 17.7 Å². The predicted octanol–water partition coefficient (Wildman–Crippen LogP) is 3.63. The van der Waals surface area contributed by atoms with Crippen LogP contribution in [0.4, 0.5) is 0 Å². The van der Waals surface area contributed by atoms with Crippen LogP contribution < -0.4 is 0 Å². The molecular formula is C12H25ClO2SSi. The third-order valence-corrected chi connectivity index (χ3v) is 11.8. The second-order valence-corrected chi connectivity index (χ2v) is 13.5. The van der Waals surface area contributed by atoms with Gasteiger partial charge in [-0.05, 0) is 6.92 Å². The maximum atomic E-state index is 11.5. The zero-order valence-corrected chi connectivity index (χ0v) is 14.2. The van der Waals surface area contributed by atoms with Crippen LogP contribution in [0.5, 0.6) is 0 Å². The van der Waals surface area contributed by atoms with Gasteiger partial charge in [-0.1, -0.05) is 51.1 Å². The smallest absolute Gasteiger partial charge is 0.153 e. The van der Waals surface area contributed by atoms with Crippen LogP contribution in [0.2, 0.25) is 18.6 Å². The summed E-state index contributed by atoms with van der Waals surface area (Å²) in [6.45, 7) is 10.2. The molecule has 0 aromatic rings. The molecule has 5 heteroatoms. The van der Waals surface area contributed by atoms with Crippen LogP contribution in [0.1, 0.15) is 27.7 Å². The first-order valence-corrected chi connectivity index (χ1v) is 11.5. The maximum Gasteiger partial charge on any atom is 0.153 e. The van der Waals surface area contributed by atoms with Gasteiger partial charge in [0.15, 0.2) is 9.84 Å². The highest BCUT2D eigenvalue weighted by molar-refractivity contribution is 7.91. The van der Waals surface area contributed by atoms with Gasteiger partial charge >= 0.3 is 0 Å². The molecule has 0 aliphatic rings. The first kappa shape index (κ1) is 17.2. The molecule has 0 bridgehead atoms. The number of alkyl halides is 1. The summed E-state index contributed by atoms with van der Waals surface area (Å²) < 4.78 is 23.0. The van der Waals surface area contributed by atoms with Crippen molar-refractivity contribution >= 4 is 29.5 Å². The topological polar surface area (TPSA) is 34.1 Å². The molecule has 0 saturated carbocycles. The fourth-order valence-electron chi connectivity index (χ4n) is 1.59. The molecule has 1 atom stereocenters. The molecule has 0 amide bonds. The molecule has 0 rings (SSSR count). The highest BCUT2D eigenvalue weighted by Gasteiger charge is 2.30. The lowest BCUT2D eigenvalue weighted by atomic mass is 10.3. The van der Waals surface area contributed by atoms with Gasteiger partial charge in [-0.3, -0.25) is 0 Å². The van der Waals surface area contributed by atoms with Crippen LogP contribution in [0.25, 0.3) is 0 Å². The number of halogens is 1. The lowest BCUT2D eigenvalue weighted by molar-refractivity contribution is 0.599. The van der Waals surface area contributed by atoms with Crippen molar-refractivity contribution in [1.82, 2.24) is 0 Å². The zero-order chi connectivity index (χ0) is 13.7. The summed E-state index contributed by atoms with van der Waals surface area (Å²) in [6, 6.07) is 2.25. The van der Waals surface area contributed by atoms with Crippen LogP contribution in [0.3, 0.4) is 0 Å². The van der Waals surface area contributed by atoms with Gasteiger partial charge in [0.2, 0.25) is 0 Å². The molecule has 0 spiro atoms. The molecule has 0 N–H and O–H groups in total. The molecule has 0 aliphatic heterocycles. The van der Waals surface area contributed by atoms with Gasteiger partial charge in [0.25, 0.3) is 0 Å². The van der Waals surface area contributed by atoms with Crippen LogP contribution in [0, 0.1) is 0 Å². The molecule has 0 heterocycles. The molecule has 1 unspecified atom stereocenters. The molecule has 0 aromatic heterocycles. The van der Waals surface area contributed by atoms with Crippen molar-refractivity contribution in [3.63, 3.8) is 0 Å². The van der Waals surface area contributed by atoms with Gasteiger partial charge in [0, 0.05) is 10.8 Å². The summed E-state index contributed by atoms with van der Waals surface area (Å²) in [6.07, 6.45) is 1.97. The Morgan fingerprint density at radius 1 is 1.29 bits per heavy atom. The van der Waals surface area contributed by atoms with E-state index in [2.05, 4.69) is 20.4 Å². The van der Waals surface area contributed by atoms with E-state index in [1.807, 2.05) is 13.0 Å². The molecule has 17 heavy (non-hydrogen) atoms. The molecule has 102 valence electrons. The van der Waals surface area contributed by atoms with Crippen molar-refractivity contribution < 1.29 is 8.42 Å². The average Bonchev–Trinajstić information content (AvgIpc) is 2.26. The number of allylic oxidation sites excluding steroid dienone is 1. The van der Waals surface area contributed by atoms with E-state index in [9.17, 15) is 8.42 Å². The summed E-state index contributed by atoms with van der Waals surface area (Å²) in [5.74, 6) is 0.339. The van der Waals surface area contributed by atoms with Crippen molar-refractivity contribution in [1.29, 1.82) is 0 Å². The number of sulfone groups is 1. The van der Waals surface area contributed by atoms with E-state index >= 15 is 0 Å². The summed E-state index contributed by atoms with van der Waals surface area (Å²) >= 11 is 6.45. The van der Waals surface area contributed by atoms with Crippen molar-refractivity contribution in [2.75, 3.05) is 11.5 Å². The Labute approximate surface area is 112 Å². The summed E-state index contributed by atoms with van der Waals surface area (Å²) in [7, 11) is -4.39. The van der Waals surface area contributed by atoms with Gasteiger partial charge in [-0.25, -0.2) is 8.42 Å². The van der Waals surface area contributed by atoms with Gasteiger partial charge in [0.1, 0.15) is 0 Å². The second-order valence-electron chi connectivity index (χ2n) is 4.95. The molecule has 0 aromatic carbocycles. The van der Waals surface area contributed by atoms with Crippen LogP contribution in [-0.4, -0.2) is 33.0 Å². The first-order valence-electron chi connectivity index (χ1n) is 6.22. The number of hydrogen-bond donors (Lipinski definition) is 0. The molecule has 0 saturated heterocycles. The fraction of sp³-hybridized carbons (Fsp3) is 0.833. The van der Waals surface area contributed by atoms with Gasteiger partial charge in [-0.15, -0.1) is 11.6 Å². The first-order chi connectivity index (χ1) is 7.70.